The standard InChI is InChI=1S/C14H11F2NO/c1-8-6-9(2)13(17-7-8)14(18)12-10(15)4-3-5-11(12)16/h3-7H,1-2H3. The zero-order chi connectivity index (χ0) is 13.3. The molecule has 0 fully saturated rings. The van der Waals surface area contributed by atoms with Gasteiger partial charge in [-0.15, -0.1) is 0 Å². The summed E-state index contributed by atoms with van der Waals surface area (Å²) in [5.74, 6) is -2.48. The lowest BCUT2D eigenvalue weighted by Gasteiger charge is -2.06. The molecule has 0 saturated carbocycles. The Balaban J connectivity index is 2.55. The molecule has 0 amide bonds. The molecule has 0 aliphatic carbocycles. The van der Waals surface area contributed by atoms with Crippen LogP contribution >= 0.6 is 0 Å². The highest BCUT2D eigenvalue weighted by Gasteiger charge is 2.21. The third kappa shape index (κ3) is 2.14. The minimum Gasteiger partial charge on any atom is -0.287 e. The van der Waals surface area contributed by atoms with Crippen molar-refractivity contribution in [2.75, 3.05) is 0 Å². The molecule has 0 radical (unpaired) electrons. The molecule has 0 bridgehead atoms. The summed E-state index contributed by atoms with van der Waals surface area (Å²) in [5.41, 5.74) is 1.00. The summed E-state index contributed by atoms with van der Waals surface area (Å²) in [6, 6.07) is 5.08. The first kappa shape index (κ1) is 12.4. The molecule has 0 spiro atoms. The molecule has 1 heterocycles. The zero-order valence-electron chi connectivity index (χ0n) is 10.00. The fraction of sp³-hybridized carbons (Fsp3) is 0.143. The van der Waals surface area contributed by atoms with Gasteiger partial charge in [-0.1, -0.05) is 12.1 Å². The van der Waals surface area contributed by atoms with Crippen molar-refractivity contribution in [3.05, 3.63) is 64.5 Å². The third-order valence-electron chi connectivity index (χ3n) is 2.62. The van der Waals surface area contributed by atoms with E-state index in [1.54, 1.807) is 13.0 Å². The van der Waals surface area contributed by atoms with Gasteiger partial charge in [0.05, 0.1) is 5.56 Å². The predicted molar refractivity (Wildman–Crippen MR) is 63.5 cm³/mol. The van der Waals surface area contributed by atoms with Gasteiger partial charge < -0.3 is 0 Å². The van der Waals surface area contributed by atoms with Crippen molar-refractivity contribution in [3.63, 3.8) is 0 Å². The number of carbonyl (C=O) groups is 1. The number of carbonyl (C=O) groups excluding carboxylic acids is 1. The van der Waals surface area contributed by atoms with Gasteiger partial charge in [-0.25, -0.2) is 8.78 Å². The second-order valence-electron chi connectivity index (χ2n) is 4.10. The Labute approximate surface area is 103 Å². The van der Waals surface area contributed by atoms with E-state index in [4.69, 9.17) is 0 Å². The molecule has 2 aromatic rings. The van der Waals surface area contributed by atoms with E-state index in [2.05, 4.69) is 4.98 Å². The molecule has 18 heavy (non-hydrogen) atoms. The lowest BCUT2D eigenvalue weighted by molar-refractivity contribution is 0.102. The summed E-state index contributed by atoms with van der Waals surface area (Å²) in [5, 5.41) is 0. The smallest absolute Gasteiger partial charge is 0.217 e. The molecule has 0 saturated heterocycles. The van der Waals surface area contributed by atoms with Gasteiger partial charge in [0.2, 0.25) is 5.78 Å². The molecule has 0 aliphatic heterocycles. The van der Waals surface area contributed by atoms with Crippen molar-refractivity contribution >= 4 is 5.78 Å². The Bertz CT molecular complexity index is 603. The minimum absolute atomic E-state index is 0.0737. The lowest BCUT2D eigenvalue weighted by Crippen LogP contribution is -2.11. The molecular formula is C14H11F2NO. The summed E-state index contributed by atoms with van der Waals surface area (Å²) in [6.07, 6.45) is 1.50. The normalized spacial score (nSPS) is 10.4. The highest BCUT2D eigenvalue weighted by Crippen LogP contribution is 2.18. The molecule has 0 atom stereocenters. The fourth-order valence-corrected chi connectivity index (χ4v) is 1.79. The molecule has 2 nitrogen and oxygen atoms in total. The van der Waals surface area contributed by atoms with Gasteiger partial charge in [0, 0.05) is 6.20 Å². The van der Waals surface area contributed by atoms with Gasteiger partial charge in [0.1, 0.15) is 17.3 Å². The summed E-state index contributed by atoms with van der Waals surface area (Å²) >= 11 is 0. The van der Waals surface area contributed by atoms with Gasteiger partial charge in [0.15, 0.2) is 0 Å². The van der Waals surface area contributed by atoms with Crippen LogP contribution in [0.3, 0.4) is 0 Å². The molecule has 4 heteroatoms. The second kappa shape index (κ2) is 4.64. The highest BCUT2D eigenvalue weighted by molar-refractivity contribution is 6.08. The Morgan fingerprint density at radius 3 is 2.33 bits per heavy atom. The monoisotopic (exact) mass is 247 g/mol. The Morgan fingerprint density at radius 1 is 1.17 bits per heavy atom. The van der Waals surface area contributed by atoms with Crippen LogP contribution in [0.25, 0.3) is 0 Å². The molecule has 0 N–H and O–H groups in total. The topological polar surface area (TPSA) is 30.0 Å². The molecule has 1 aromatic heterocycles. The Morgan fingerprint density at radius 2 is 1.78 bits per heavy atom. The average Bonchev–Trinajstić information content (AvgIpc) is 2.28. The van der Waals surface area contributed by atoms with Crippen LogP contribution in [0.2, 0.25) is 0 Å². The summed E-state index contributed by atoms with van der Waals surface area (Å²) in [4.78, 5) is 16.0. The maximum Gasteiger partial charge on any atom is 0.217 e. The van der Waals surface area contributed by atoms with Crippen LogP contribution in [0.15, 0.2) is 30.5 Å². The number of aromatic nitrogens is 1. The number of hydrogen-bond acceptors (Lipinski definition) is 2. The lowest BCUT2D eigenvalue weighted by atomic mass is 10.0. The van der Waals surface area contributed by atoms with Gasteiger partial charge in [-0.2, -0.15) is 0 Å². The summed E-state index contributed by atoms with van der Waals surface area (Å²) in [6.45, 7) is 3.52. The van der Waals surface area contributed by atoms with Crippen molar-refractivity contribution in [3.8, 4) is 0 Å². The van der Waals surface area contributed by atoms with Gasteiger partial charge in [-0.3, -0.25) is 9.78 Å². The molecule has 92 valence electrons. The predicted octanol–water partition coefficient (Wildman–Crippen LogP) is 3.21. The summed E-state index contributed by atoms with van der Waals surface area (Å²) in [7, 11) is 0. The largest absolute Gasteiger partial charge is 0.287 e. The molecule has 2 rings (SSSR count). The molecule has 0 unspecified atom stereocenters. The summed E-state index contributed by atoms with van der Waals surface area (Å²) < 4.78 is 27.0. The van der Waals surface area contributed by atoms with Gasteiger partial charge >= 0.3 is 0 Å². The van der Waals surface area contributed by atoms with Crippen molar-refractivity contribution in [2.24, 2.45) is 0 Å². The van der Waals surface area contributed by atoms with Crippen molar-refractivity contribution in [2.45, 2.75) is 13.8 Å². The van der Waals surface area contributed by atoms with E-state index in [1.165, 1.54) is 12.3 Å². The zero-order valence-corrected chi connectivity index (χ0v) is 10.00. The maximum atomic E-state index is 13.5. The first-order valence-corrected chi connectivity index (χ1v) is 5.42. The van der Waals surface area contributed by atoms with E-state index in [0.29, 0.717) is 5.56 Å². The molecule has 0 aliphatic rings. The van der Waals surface area contributed by atoms with Crippen LogP contribution in [-0.2, 0) is 0 Å². The van der Waals surface area contributed by atoms with Crippen LogP contribution in [0.5, 0.6) is 0 Å². The van der Waals surface area contributed by atoms with E-state index in [-0.39, 0.29) is 5.69 Å². The number of ketones is 1. The van der Waals surface area contributed by atoms with Crippen LogP contribution in [0.1, 0.15) is 27.2 Å². The Hall–Kier alpha value is -2.10. The quantitative estimate of drug-likeness (QED) is 0.763. The van der Waals surface area contributed by atoms with E-state index >= 15 is 0 Å². The number of pyridine rings is 1. The first-order chi connectivity index (χ1) is 8.50. The first-order valence-electron chi connectivity index (χ1n) is 5.42. The number of hydrogen-bond donors (Lipinski definition) is 0. The van der Waals surface area contributed by atoms with Crippen LogP contribution < -0.4 is 0 Å². The van der Waals surface area contributed by atoms with E-state index < -0.39 is 23.0 Å². The van der Waals surface area contributed by atoms with E-state index in [0.717, 1.165) is 17.7 Å². The number of rotatable bonds is 2. The molecule has 1 aromatic carbocycles. The fourth-order valence-electron chi connectivity index (χ4n) is 1.79. The van der Waals surface area contributed by atoms with Crippen LogP contribution in [-0.4, -0.2) is 10.8 Å². The van der Waals surface area contributed by atoms with Crippen molar-refractivity contribution in [1.29, 1.82) is 0 Å². The maximum absolute atomic E-state index is 13.5. The highest BCUT2D eigenvalue weighted by atomic mass is 19.1. The van der Waals surface area contributed by atoms with Crippen molar-refractivity contribution < 1.29 is 13.6 Å². The Kier molecular flexibility index (Phi) is 3.19. The van der Waals surface area contributed by atoms with Crippen LogP contribution in [0, 0.1) is 25.5 Å². The second-order valence-corrected chi connectivity index (χ2v) is 4.10. The number of nitrogens with zero attached hydrogens (tertiary/aromatic N) is 1. The third-order valence-corrected chi connectivity index (χ3v) is 2.62. The SMILES string of the molecule is Cc1cnc(C(=O)c2c(F)cccc2F)c(C)c1. The minimum atomic E-state index is -0.873. The van der Waals surface area contributed by atoms with Gasteiger partial charge in [-0.05, 0) is 37.1 Å². The van der Waals surface area contributed by atoms with E-state index in [1.807, 2.05) is 6.92 Å². The van der Waals surface area contributed by atoms with Crippen LogP contribution in [0.4, 0.5) is 8.78 Å². The average molecular weight is 247 g/mol. The number of halogens is 2. The van der Waals surface area contributed by atoms with E-state index in [9.17, 15) is 13.6 Å². The number of benzene rings is 1. The number of aryl methyl sites for hydroxylation is 2. The van der Waals surface area contributed by atoms with Crippen molar-refractivity contribution in [1.82, 2.24) is 4.98 Å². The van der Waals surface area contributed by atoms with Gasteiger partial charge in [0.25, 0.3) is 0 Å². The molecular weight excluding hydrogens is 236 g/mol.